The molecule has 2 heteroatoms. The van der Waals surface area contributed by atoms with Crippen molar-refractivity contribution >= 4 is 11.8 Å². The van der Waals surface area contributed by atoms with Crippen molar-refractivity contribution in [2.45, 2.75) is 63.4 Å². The van der Waals surface area contributed by atoms with Crippen LogP contribution < -0.4 is 5.32 Å². The van der Waals surface area contributed by atoms with Crippen molar-refractivity contribution in [3.8, 4) is 0 Å². The predicted octanol–water partition coefficient (Wildman–Crippen LogP) is 3.69. The van der Waals surface area contributed by atoms with E-state index >= 15 is 0 Å². The average Bonchev–Trinajstić information content (AvgIpc) is 2.18. The van der Waals surface area contributed by atoms with Crippen LogP contribution in [0.25, 0.3) is 0 Å². The van der Waals surface area contributed by atoms with Gasteiger partial charge in [-0.1, -0.05) is 33.6 Å². The third kappa shape index (κ3) is 5.82. The van der Waals surface area contributed by atoms with Gasteiger partial charge in [0.1, 0.15) is 0 Å². The van der Waals surface area contributed by atoms with Gasteiger partial charge in [-0.2, -0.15) is 11.8 Å². The highest BCUT2D eigenvalue weighted by Crippen LogP contribution is 2.33. The molecule has 0 aromatic carbocycles. The third-order valence-corrected chi connectivity index (χ3v) is 4.62. The van der Waals surface area contributed by atoms with Gasteiger partial charge in [-0.15, -0.1) is 0 Å². The fourth-order valence-electron chi connectivity index (χ4n) is 2.36. The molecule has 0 aromatic rings. The first-order valence-corrected chi connectivity index (χ1v) is 7.52. The molecule has 1 fully saturated rings. The van der Waals surface area contributed by atoms with E-state index in [1.165, 1.54) is 45.2 Å². The van der Waals surface area contributed by atoms with Gasteiger partial charge in [0, 0.05) is 17.0 Å². The van der Waals surface area contributed by atoms with Crippen LogP contribution in [0.5, 0.6) is 0 Å². The summed E-state index contributed by atoms with van der Waals surface area (Å²) in [4.78, 5) is 0. The Bertz CT molecular complexity index is 161. The van der Waals surface area contributed by atoms with Crippen molar-refractivity contribution in [2.24, 2.45) is 5.92 Å². The van der Waals surface area contributed by atoms with Crippen LogP contribution in [0.4, 0.5) is 0 Å². The van der Waals surface area contributed by atoms with Crippen LogP contribution in [0.15, 0.2) is 0 Å². The van der Waals surface area contributed by atoms with E-state index < -0.39 is 0 Å². The fraction of sp³-hybridized carbons (Fsp3) is 1.00. The molecule has 3 atom stereocenters. The van der Waals surface area contributed by atoms with Gasteiger partial charge < -0.3 is 5.32 Å². The summed E-state index contributed by atoms with van der Waals surface area (Å²) >= 11 is 2.21. The van der Waals surface area contributed by atoms with Gasteiger partial charge in [0.05, 0.1) is 0 Å². The summed E-state index contributed by atoms with van der Waals surface area (Å²) in [5.41, 5.74) is 0. The largest absolute Gasteiger partial charge is 0.316 e. The Kier molecular flexibility index (Phi) is 6.74. The summed E-state index contributed by atoms with van der Waals surface area (Å²) in [5.74, 6) is 0.965. The lowest BCUT2D eigenvalue weighted by atomic mass is 9.91. The molecule has 0 spiro atoms. The molecule has 0 heterocycles. The Labute approximate surface area is 99.8 Å². The third-order valence-electron chi connectivity index (χ3n) is 3.17. The lowest BCUT2D eigenvalue weighted by Crippen LogP contribution is -2.26. The number of hydrogen-bond acceptors (Lipinski definition) is 2. The predicted molar refractivity (Wildman–Crippen MR) is 71.6 cm³/mol. The summed E-state index contributed by atoms with van der Waals surface area (Å²) in [6.07, 6.45) is 7.06. The minimum absolute atomic E-state index is 0.784. The zero-order valence-corrected chi connectivity index (χ0v) is 11.4. The molecular weight excluding hydrogens is 202 g/mol. The Balaban J connectivity index is 2.10. The first-order chi connectivity index (χ1) is 7.22. The summed E-state index contributed by atoms with van der Waals surface area (Å²) in [7, 11) is 0. The van der Waals surface area contributed by atoms with Crippen molar-refractivity contribution in [1.82, 2.24) is 5.32 Å². The highest BCUT2D eigenvalue weighted by Gasteiger charge is 2.20. The zero-order chi connectivity index (χ0) is 11.1. The van der Waals surface area contributed by atoms with Crippen molar-refractivity contribution in [3.63, 3.8) is 0 Å². The van der Waals surface area contributed by atoms with Gasteiger partial charge in [0.15, 0.2) is 0 Å². The van der Waals surface area contributed by atoms with Crippen LogP contribution in [0.2, 0.25) is 0 Å². The van der Waals surface area contributed by atoms with E-state index in [1.54, 1.807) is 0 Å². The van der Waals surface area contributed by atoms with Crippen LogP contribution >= 0.6 is 11.8 Å². The molecule has 1 nitrogen and oxygen atoms in total. The SMILES string of the molecule is CCCNCC(C)SC1CCCC(C)C1. The maximum Gasteiger partial charge on any atom is 0.0146 e. The molecule has 1 aliphatic rings. The first-order valence-electron chi connectivity index (χ1n) is 6.58. The molecule has 1 rings (SSSR count). The lowest BCUT2D eigenvalue weighted by molar-refractivity contribution is 0.393. The molecule has 1 N–H and O–H groups in total. The van der Waals surface area contributed by atoms with Crippen molar-refractivity contribution in [2.75, 3.05) is 13.1 Å². The lowest BCUT2D eigenvalue weighted by Gasteiger charge is -2.28. The number of hydrogen-bond donors (Lipinski definition) is 1. The van der Waals surface area contributed by atoms with E-state index in [-0.39, 0.29) is 0 Å². The smallest absolute Gasteiger partial charge is 0.0146 e. The van der Waals surface area contributed by atoms with Crippen molar-refractivity contribution in [1.29, 1.82) is 0 Å². The quantitative estimate of drug-likeness (QED) is 0.697. The van der Waals surface area contributed by atoms with E-state index in [0.29, 0.717) is 0 Å². The molecule has 0 bridgehead atoms. The van der Waals surface area contributed by atoms with Crippen molar-refractivity contribution < 1.29 is 0 Å². The van der Waals surface area contributed by atoms with E-state index in [1.807, 2.05) is 0 Å². The molecule has 1 aliphatic carbocycles. The maximum atomic E-state index is 3.51. The average molecular weight is 229 g/mol. The molecule has 0 aromatic heterocycles. The standard InChI is InChI=1S/C13H27NS/c1-4-8-14-10-12(3)15-13-7-5-6-11(2)9-13/h11-14H,4-10H2,1-3H3. The Morgan fingerprint density at radius 2 is 2.20 bits per heavy atom. The van der Waals surface area contributed by atoms with Gasteiger partial charge in [0.25, 0.3) is 0 Å². The monoisotopic (exact) mass is 229 g/mol. The second kappa shape index (κ2) is 7.56. The summed E-state index contributed by atoms with van der Waals surface area (Å²) in [5, 5.41) is 5.24. The van der Waals surface area contributed by atoms with Gasteiger partial charge in [-0.3, -0.25) is 0 Å². The molecule has 0 radical (unpaired) electrons. The molecule has 1 saturated carbocycles. The maximum absolute atomic E-state index is 3.51. The number of rotatable bonds is 6. The zero-order valence-electron chi connectivity index (χ0n) is 10.6. The molecule has 0 saturated heterocycles. The van der Waals surface area contributed by atoms with Crippen LogP contribution in [-0.2, 0) is 0 Å². The molecule has 0 aliphatic heterocycles. The second-order valence-electron chi connectivity index (χ2n) is 5.04. The Morgan fingerprint density at radius 3 is 2.87 bits per heavy atom. The van der Waals surface area contributed by atoms with E-state index in [9.17, 15) is 0 Å². The van der Waals surface area contributed by atoms with Crippen LogP contribution in [0.1, 0.15) is 52.9 Å². The Morgan fingerprint density at radius 1 is 1.40 bits per heavy atom. The normalized spacial score (nSPS) is 29.0. The summed E-state index contributed by atoms with van der Waals surface area (Å²) in [6.45, 7) is 9.36. The van der Waals surface area contributed by atoms with E-state index in [2.05, 4.69) is 37.8 Å². The van der Waals surface area contributed by atoms with Gasteiger partial charge in [0.2, 0.25) is 0 Å². The summed E-state index contributed by atoms with van der Waals surface area (Å²) in [6, 6.07) is 0. The van der Waals surface area contributed by atoms with Crippen molar-refractivity contribution in [3.05, 3.63) is 0 Å². The highest BCUT2D eigenvalue weighted by atomic mass is 32.2. The van der Waals surface area contributed by atoms with Gasteiger partial charge in [-0.25, -0.2) is 0 Å². The van der Waals surface area contributed by atoms with Crippen LogP contribution in [-0.4, -0.2) is 23.6 Å². The molecule has 0 amide bonds. The first kappa shape index (κ1) is 13.4. The number of nitrogens with one attached hydrogen (secondary N) is 1. The van der Waals surface area contributed by atoms with Gasteiger partial charge in [-0.05, 0) is 31.7 Å². The van der Waals surface area contributed by atoms with Gasteiger partial charge >= 0.3 is 0 Å². The van der Waals surface area contributed by atoms with Crippen LogP contribution in [0, 0.1) is 5.92 Å². The minimum atomic E-state index is 0.784. The highest BCUT2D eigenvalue weighted by molar-refractivity contribution is 8.00. The minimum Gasteiger partial charge on any atom is -0.316 e. The van der Waals surface area contributed by atoms with Crippen LogP contribution in [0.3, 0.4) is 0 Å². The van der Waals surface area contributed by atoms with E-state index in [4.69, 9.17) is 0 Å². The fourth-order valence-corrected chi connectivity index (χ4v) is 3.97. The molecule has 90 valence electrons. The Hall–Kier alpha value is 0.310. The molecular formula is C13H27NS. The topological polar surface area (TPSA) is 12.0 Å². The molecule has 15 heavy (non-hydrogen) atoms. The van der Waals surface area contributed by atoms with E-state index in [0.717, 1.165) is 16.4 Å². The number of thioether (sulfide) groups is 1. The molecule has 3 unspecified atom stereocenters. The second-order valence-corrected chi connectivity index (χ2v) is 6.79. The summed E-state index contributed by atoms with van der Waals surface area (Å²) < 4.78 is 0.